The molecule has 0 aromatic heterocycles. The molecule has 0 heterocycles. The van der Waals surface area contributed by atoms with Gasteiger partial charge in [-0.15, -0.1) is 0 Å². The molecule has 2 N–H and O–H groups in total. The molecule has 0 radical (unpaired) electrons. The fourth-order valence-corrected chi connectivity index (χ4v) is 3.06. The number of nitrogens with one attached hydrogen (secondary N) is 2. The summed E-state index contributed by atoms with van der Waals surface area (Å²) in [5.74, 6) is 1.20. The second kappa shape index (κ2) is 9.12. The molecule has 3 rings (SSSR count). The maximum Gasteiger partial charge on any atom is 0.261 e. The van der Waals surface area contributed by atoms with Crippen LogP contribution in [0.2, 0.25) is 0 Å². The highest BCUT2D eigenvalue weighted by Crippen LogP contribution is 2.30. The lowest BCUT2D eigenvalue weighted by molar-refractivity contribution is -0.128. The number of anilines is 1. The second-order valence-electron chi connectivity index (χ2n) is 8.10. The van der Waals surface area contributed by atoms with Crippen LogP contribution in [0, 0.1) is 5.92 Å². The van der Waals surface area contributed by atoms with Gasteiger partial charge in [-0.1, -0.05) is 38.1 Å². The van der Waals surface area contributed by atoms with Crippen LogP contribution in [0.3, 0.4) is 0 Å². The van der Waals surface area contributed by atoms with Crippen molar-refractivity contribution in [1.29, 1.82) is 0 Å². The number of ether oxygens (including phenoxy) is 1. The molecule has 1 aliphatic carbocycles. The largest absolute Gasteiger partial charge is 0.481 e. The molecule has 2 aromatic carbocycles. The predicted octanol–water partition coefficient (Wildman–Crippen LogP) is 4.80. The highest BCUT2D eigenvalue weighted by molar-refractivity contribution is 5.94. The molecule has 2 amide bonds. The monoisotopic (exact) mass is 394 g/mol. The van der Waals surface area contributed by atoms with Crippen LogP contribution >= 0.6 is 0 Å². The van der Waals surface area contributed by atoms with Crippen molar-refractivity contribution in [3.63, 3.8) is 0 Å². The number of carbonyl (C=O) groups is 2. The lowest BCUT2D eigenvalue weighted by Crippen LogP contribution is -2.37. The van der Waals surface area contributed by atoms with Crippen molar-refractivity contribution in [2.24, 2.45) is 5.92 Å². The number of hydrogen-bond donors (Lipinski definition) is 2. The van der Waals surface area contributed by atoms with Gasteiger partial charge in [-0.2, -0.15) is 0 Å². The summed E-state index contributed by atoms with van der Waals surface area (Å²) in [6, 6.07) is 15.3. The first-order valence-corrected chi connectivity index (χ1v) is 10.3. The average Bonchev–Trinajstić information content (AvgIpc) is 3.54. The Morgan fingerprint density at radius 2 is 1.66 bits per heavy atom. The molecule has 1 aliphatic rings. The number of carbonyl (C=O) groups excluding carboxylic acids is 2. The summed E-state index contributed by atoms with van der Waals surface area (Å²) in [6.07, 6.45) is 1.36. The van der Waals surface area contributed by atoms with Crippen molar-refractivity contribution in [3.8, 4) is 5.75 Å². The van der Waals surface area contributed by atoms with E-state index in [-0.39, 0.29) is 23.8 Å². The van der Waals surface area contributed by atoms with Crippen molar-refractivity contribution in [2.75, 3.05) is 5.32 Å². The Morgan fingerprint density at radius 1 is 0.966 bits per heavy atom. The van der Waals surface area contributed by atoms with Crippen LogP contribution in [0.15, 0.2) is 48.5 Å². The Bertz CT molecular complexity index is 857. The fraction of sp³-hybridized carbons (Fsp3) is 0.417. The topological polar surface area (TPSA) is 67.4 Å². The highest BCUT2D eigenvalue weighted by atomic mass is 16.5. The molecule has 5 nitrogen and oxygen atoms in total. The molecular formula is C24H30N2O3. The molecule has 5 heteroatoms. The fourth-order valence-electron chi connectivity index (χ4n) is 3.06. The summed E-state index contributed by atoms with van der Waals surface area (Å²) in [7, 11) is 0. The van der Waals surface area contributed by atoms with Gasteiger partial charge in [-0.25, -0.2) is 0 Å². The molecule has 0 saturated heterocycles. The smallest absolute Gasteiger partial charge is 0.261 e. The van der Waals surface area contributed by atoms with Crippen LogP contribution in [-0.4, -0.2) is 17.9 Å². The predicted molar refractivity (Wildman–Crippen MR) is 115 cm³/mol. The summed E-state index contributed by atoms with van der Waals surface area (Å²) in [5.41, 5.74) is 2.93. The van der Waals surface area contributed by atoms with Gasteiger partial charge in [0.15, 0.2) is 6.10 Å². The SMILES string of the molecule is CC(Oc1cccc(C(C)C)c1)C(=O)NC(C)c1ccc(NC(=O)C2CC2)cc1. The van der Waals surface area contributed by atoms with Gasteiger partial charge >= 0.3 is 0 Å². The van der Waals surface area contributed by atoms with Crippen LogP contribution in [-0.2, 0) is 9.59 Å². The van der Waals surface area contributed by atoms with Crippen molar-refractivity contribution in [1.82, 2.24) is 5.32 Å². The van der Waals surface area contributed by atoms with E-state index >= 15 is 0 Å². The van der Waals surface area contributed by atoms with Crippen molar-refractivity contribution in [3.05, 3.63) is 59.7 Å². The third-order valence-corrected chi connectivity index (χ3v) is 5.19. The van der Waals surface area contributed by atoms with Crippen LogP contribution in [0.4, 0.5) is 5.69 Å². The van der Waals surface area contributed by atoms with E-state index in [1.807, 2.05) is 49.4 Å². The van der Waals surface area contributed by atoms with Crippen molar-refractivity contribution in [2.45, 2.75) is 58.6 Å². The minimum Gasteiger partial charge on any atom is -0.481 e. The summed E-state index contributed by atoms with van der Waals surface area (Å²) in [5, 5.41) is 5.91. The normalized spacial score (nSPS) is 15.5. The molecule has 0 bridgehead atoms. The summed E-state index contributed by atoms with van der Waals surface area (Å²) < 4.78 is 5.84. The lowest BCUT2D eigenvalue weighted by Gasteiger charge is -2.20. The maximum atomic E-state index is 12.6. The summed E-state index contributed by atoms with van der Waals surface area (Å²) in [6.45, 7) is 7.93. The van der Waals surface area contributed by atoms with E-state index in [4.69, 9.17) is 4.74 Å². The minimum atomic E-state index is -0.600. The zero-order valence-corrected chi connectivity index (χ0v) is 17.6. The Labute approximate surface area is 172 Å². The number of rotatable bonds is 8. The van der Waals surface area contributed by atoms with Gasteiger partial charge < -0.3 is 15.4 Å². The Hall–Kier alpha value is -2.82. The molecule has 1 fully saturated rings. The molecule has 2 atom stereocenters. The van der Waals surface area contributed by atoms with Crippen LogP contribution < -0.4 is 15.4 Å². The van der Waals surface area contributed by atoms with Gasteiger partial charge in [0, 0.05) is 11.6 Å². The highest BCUT2D eigenvalue weighted by Gasteiger charge is 2.29. The quantitative estimate of drug-likeness (QED) is 0.676. The van der Waals surface area contributed by atoms with E-state index < -0.39 is 6.10 Å². The molecule has 1 saturated carbocycles. The number of hydrogen-bond acceptors (Lipinski definition) is 3. The standard InChI is InChI=1S/C24H30N2O3/c1-15(2)20-6-5-7-22(14-20)29-17(4)23(27)25-16(3)18-10-12-21(13-11-18)26-24(28)19-8-9-19/h5-7,10-17,19H,8-9H2,1-4H3,(H,25,27)(H,26,28). The first kappa shape index (κ1) is 20.9. The zero-order valence-electron chi connectivity index (χ0n) is 17.6. The molecule has 29 heavy (non-hydrogen) atoms. The number of amides is 2. The first-order valence-electron chi connectivity index (χ1n) is 10.3. The van der Waals surface area contributed by atoms with Crippen molar-refractivity contribution >= 4 is 17.5 Å². The lowest BCUT2D eigenvalue weighted by atomic mass is 10.0. The van der Waals surface area contributed by atoms with Gasteiger partial charge in [0.2, 0.25) is 5.91 Å². The average molecular weight is 395 g/mol. The Morgan fingerprint density at radius 3 is 2.28 bits per heavy atom. The van der Waals surface area contributed by atoms with E-state index in [0.29, 0.717) is 11.7 Å². The van der Waals surface area contributed by atoms with E-state index in [1.165, 1.54) is 5.56 Å². The Kier molecular flexibility index (Phi) is 6.57. The molecule has 2 aromatic rings. The maximum absolute atomic E-state index is 12.6. The van der Waals surface area contributed by atoms with Crippen LogP contribution in [0.1, 0.15) is 63.6 Å². The third kappa shape index (κ3) is 5.83. The van der Waals surface area contributed by atoms with Gasteiger partial charge in [-0.05, 0) is 68.0 Å². The van der Waals surface area contributed by atoms with E-state index in [2.05, 4.69) is 30.5 Å². The van der Waals surface area contributed by atoms with E-state index in [9.17, 15) is 9.59 Å². The van der Waals surface area contributed by atoms with Gasteiger partial charge in [0.05, 0.1) is 6.04 Å². The van der Waals surface area contributed by atoms with Gasteiger partial charge in [0.25, 0.3) is 5.91 Å². The number of benzene rings is 2. The molecule has 154 valence electrons. The zero-order chi connectivity index (χ0) is 21.0. The molecular weight excluding hydrogens is 364 g/mol. The minimum absolute atomic E-state index is 0.0895. The molecule has 2 unspecified atom stereocenters. The summed E-state index contributed by atoms with van der Waals surface area (Å²) >= 11 is 0. The van der Waals surface area contributed by atoms with Gasteiger partial charge in [-0.3, -0.25) is 9.59 Å². The van der Waals surface area contributed by atoms with Crippen molar-refractivity contribution < 1.29 is 14.3 Å². The first-order chi connectivity index (χ1) is 13.8. The van der Waals surface area contributed by atoms with E-state index in [1.54, 1.807) is 6.92 Å². The van der Waals surface area contributed by atoms with Crippen LogP contribution in [0.5, 0.6) is 5.75 Å². The second-order valence-corrected chi connectivity index (χ2v) is 8.10. The Balaban J connectivity index is 1.53. The third-order valence-electron chi connectivity index (χ3n) is 5.19. The van der Waals surface area contributed by atoms with Crippen LogP contribution in [0.25, 0.3) is 0 Å². The molecule has 0 spiro atoms. The molecule has 0 aliphatic heterocycles. The van der Waals surface area contributed by atoms with Gasteiger partial charge in [0.1, 0.15) is 5.75 Å². The van der Waals surface area contributed by atoms with E-state index in [0.717, 1.165) is 24.1 Å². The summed E-state index contributed by atoms with van der Waals surface area (Å²) in [4.78, 5) is 24.4.